The molecule has 0 amide bonds. The molecule has 0 aliphatic heterocycles. The fourth-order valence-electron chi connectivity index (χ4n) is 1.74. The number of sulfone groups is 1. The first kappa shape index (κ1) is 14.4. The third-order valence-electron chi connectivity index (χ3n) is 2.58. The number of hydrogen-bond acceptors (Lipinski definition) is 7. The van der Waals surface area contributed by atoms with E-state index in [1.54, 1.807) is 17.9 Å². The molecule has 0 saturated heterocycles. The molecule has 20 heavy (non-hydrogen) atoms. The summed E-state index contributed by atoms with van der Waals surface area (Å²) in [6.07, 6.45) is 4.56. The van der Waals surface area contributed by atoms with Crippen LogP contribution in [0.1, 0.15) is 10.4 Å². The fourth-order valence-corrected chi connectivity index (χ4v) is 4.10. The molecule has 0 saturated carbocycles. The van der Waals surface area contributed by atoms with Crippen LogP contribution in [0.15, 0.2) is 17.3 Å². The Kier molecular flexibility index (Phi) is 3.69. The van der Waals surface area contributed by atoms with Gasteiger partial charge in [-0.15, -0.1) is 11.3 Å². The van der Waals surface area contributed by atoms with E-state index in [2.05, 4.69) is 10.4 Å². The summed E-state index contributed by atoms with van der Waals surface area (Å²) in [7, 11) is -1.71. The minimum Gasteiger partial charge on any atom is -0.396 e. The number of nitrogens with one attached hydrogen (secondary N) is 1. The number of nitrogens with zero attached hydrogens (tertiary/aromatic N) is 3. The fraction of sp³-hybridized carbons (Fsp3) is 0.273. The van der Waals surface area contributed by atoms with Crippen LogP contribution in [0.25, 0.3) is 0 Å². The molecule has 106 valence electrons. The Morgan fingerprint density at radius 2 is 2.30 bits per heavy atom. The van der Waals surface area contributed by atoms with Crippen molar-refractivity contribution in [3.8, 4) is 6.07 Å². The third kappa shape index (κ3) is 2.76. The number of thiophene rings is 1. The van der Waals surface area contributed by atoms with E-state index >= 15 is 0 Å². The molecule has 0 atom stereocenters. The van der Waals surface area contributed by atoms with Gasteiger partial charge in [0.1, 0.15) is 20.8 Å². The van der Waals surface area contributed by atoms with Crippen molar-refractivity contribution in [1.82, 2.24) is 9.78 Å². The summed E-state index contributed by atoms with van der Waals surface area (Å²) in [5, 5.41) is 16.4. The summed E-state index contributed by atoms with van der Waals surface area (Å²) in [6, 6.07) is 1.90. The molecule has 0 aromatic carbocycles. The standard InChI is InChI=1S/C11H13N5O2S2/c1-16-6-7(5-15-16)4-14-11-10(20(2,17)18)9(13)8(3-12)19-11/h5-6,14H,4,13H2,1-2H3. The average molecular weight is 311 g/mol. The zero-order valence-corrected chi connectivity index (χ0v) is 12.5. The number of anilines is 2. The van der Waals surface area contributed by atoms with E-state index in [4.69, 9.17) is 11.0 Å². The molecule has 0 aliphatic rings. The van der Waals surface area contributed by atoms with Crippen LogP contribution in [0.3, 0.4) is 0 Å². The quantitative estimate of drug-likeness (QED) is 0.869. The molecule has 0 fully saturated rings. The predicted molar refractivity (Wildman–Crippen MR) is 77.1 cm³/mol. The topological polar surface area (TPSA) is 114 Å². The SMILES string of the molecule is Cn1cc(CNc2sc(C#N)c(N)c2S(C)(=O)=O)cn1. The van der Waals surface area contributed by atoms with E-state index in [1.807, 2.05) is 12.3 Å². The van der Waals surface area contributed by atoms with Gasteiger partial charge >= 0.3 is 0 Å². The van der Waals surface area contributed by atoms with Crippen molar-refractivity contribution in [2.45, 2.75) is 11.4 Å². The normalized spacial score (nSPS) is 11.2. The highest BCUT2D eigenvalue weighted by Gasteiger charge is 2.23. The van der Waals surface area contributed by atoms with E-state index in [9.17, 15) is 8.42 Å². The van der Waals surface area contributed by atoms with Crippen molar-refractivity contribution in [3.63, 3.8) is 0 Å². The lowest BCUT2D eigenvalue weighted by atomic mass is 10.3. The molecular weight excluding hydrogens is 298 g/mol. The van der Waals surface area contributed by atoms with Crippen LogP contribution in [-0.2, 0) is 23.4 Å². The molecule has 2 aromatic heterocycles. The Morgan fingerprint density at radius 3 is 2.80 bits per heavy atom. The predicted octanol–water partition coefficient (Wildman–Crippen LogP) is 0.951. The average Bonchev–Trinajstić information content (AvgIpc) is 2.89. The molecule has 0 bridgehead atoms. The first-order chi connectivity index (χ1) is 9.32. The van der Waals surface area contributed by atoms with Crippen molar-refractivity contribution < 1.29 is 8.42 Å². The Hall–Kier alpha value is -2.05. The van der Waals surface area contributed by atoms with Gasteiger partial charge in [0.15, 0.2) is 9.84 Å². The van der Waals surface area contributed by atoms with Gasteiger partial charge in [0.2, 0.25) is 0 Å². The first-order valence-corrected chi connectivity index (χ1v) is 8.27. The van der Waals surface area contributed by atoms with Crippen molar-refractivity contribution in [1.29, 1.82) is 5.26 Å². The van der Waals surface area contributed by atoms with Crippen LogP contribution in [-0.4, -0.2) is 24.5 Å². The minimum absolute atomic E-state index is 0.00804. The van der Waals surface area contributed by atoms with Crippen LogP contribution >= 0.6 is 11.3 Å². The molecule has 0 radical (unpaired) electrons. The maximum absolute atomic E-state index is 11.8. The lowest BCUT2D eigenvalue weighted by molar-refractivity contribution is 0.603. The second-order valence-electron chi connectivity index (χ2n) is 4.26. The number of nitrogens with two attached hydrogens (primary N) is 1. The lowest BCUT2D eigenvalue weighted by Crippen LogP contribution is -2.05. The zero-order chi connectivity index (χ0) is 14.9. The van der Waals surface area contributed by atoms with E-state index in [-0.39, 0.29) is 15.5 Å². The van der Waals surface area contributed by atoms with Crippen LogP contribution in [0.4, 0.5) is 10.7 Å². The van der Waals surface area contributed by atoms with Crippen molar-refractivity contribution in [2.75, 3.05) is 17.3 Å². The molecular formula is C11H13N5O2S2. The molecule has 9 heteroatoms. The molecule has 0 spiro atoms. The summed E-state index contributed by atoms with van der Waals surface area (Å²) in [6.45, 7) is 0.404. The number of aromatic nitrogens is 2. The molecule has 2 aromatic rings. The van der Waals surface area contributed by atoms with Gasteiger partial charge in [-0.2, -0.15) is 10.4 Å². The summed E-state index contributed by atoms with van der Waals surface area (Å²) in [5.41, 5.74) is 6.63. The summed E-state index contributed by atoms with van der Waals surface area (Å²) in [5.74, 6) is 0. The van der Waals surface area contributed by atoms with Gasteiger partial charge in [-0.05, 0) is 0 Å². The molecule has 3 N–H and O–H groups in total. The summed E-state index contributed by atoms with van der Waals surface area (Å²) in [4.78, 5) is 0.182. The van der Waals surface area contributed by atoms with E-state index in [1.165, 1.54) is 0 Å². The third-order valence-corrected chi connectivity index (χ3v) is 4.95. The first-order valence-electron chi connectivity index (χ1n) is 5.56. The number of nitriles is 1. The molecule has 2 heterocycles. The van der Waals surface area contributed by atoms with Crippen LogP contribution < -0.4 is 11.1 Å². The molecule has 0 aliphatic carbocycles. The van der Waals surface area contributed by atoms with Gasteiger partial charge in [0.25, 0.3) is 0 Å². The number of rotatable bonds is 4. The highest BCUT2D eigenvalue weighted by atomic mass is 32.2. The van der Waals surface area contributed by atoms with Gasteiger partial charge in [0, 0.05) is 31.6 Å². The van der Waals surface area contributed by atoms with Gasteiger partial charge in [-0.25, -0.2) is 8.42 Å². The molecule has 2 rings (SSSR count). The van der Waals surface area contributed by atoms with Crippen LogP contribution in [0.5, 0.6) is 0 Å². The van der Waals surface area contributed by atoms with Crippen molar-refractivity contribution in [3.05, 3.63) is 22.8 Å². The van der Waals surface area contributed by atoms with E-state index < -0.39 is 9.84 Å². The van der Waals surface area contributed by atoms with Gasteiger partial charge in [0.05, 0.1) is 11.9 Å². The number of aryl methyl sites for hydroxylation is 1. The van der Waals surface area contributed by atoms with Gasteiger partial charge in [-0.1, -0.05) is 0 Å². The largest absolute Gasteiger partial charge is 0.396 e. The summed E-state index contributed by atoms with van der Waals surface area (Å²) < 4.78 is 25.2. The van der Waals surface area contributed by atoms with Gasteiger partial charge < -0.3 is 11.1 Å². The maximum atomic E-state index is 11.8. The molecule has 7 nitrogen and oxygen atoms in total. The maximum Gasteiger partial charge on any atom is 0.180 e. The smallest absolute Gasteiger partial charge is 0.180 e. The van der Waals surface area contributed by atoms with Crippen molar-refractivity contribution >= 4 is 31.9 Å². The second-order valence-corrected chi connectivity index (χ2v) is 7.24. The number of nitrogen functional groups attached to an aromatic ring is 1. The minimum atomic E-state index is -3.50. The highest BCUT2D eigenvalue weighted by molar-refractivity contribution is 7.91. The highest BCUT2D eigenvalue weighted by Crippen LogP contribution is 2.38. The lowest BCUT2D eigenvalue weighted by Gasteiger charge is -2.05. The van der Waals surface area contributed by atoms with Gasteiger partial charge in [-0.3, -0.25) is 4.68 Å². The van der Waals surface area contributed by atoms with Crippen LogP contribution in [0, 0.1) is 11.3 Å². The Bertz CT molecular complexity index is 782. The number of hydrogen-bond donors (Lipinski definition) is 2. The Balaban J connectivity index is 2.34. The summed E-state index contributed by atoms with van der Waals surface area (Å²) >= 11 is 1.04. The molecule has 0 unspecified atom stereocenters. The van der Waals surface area contributed by atoms with Crippen LogP contribution in [0.2, 0.25) is 0 Å². The Morgan fingerprint density at radius 1 is 1.60 bits per heavy atom. The second kappa shape index (κ2) is 5.15. The van der Waals surface area contributed by atoms with E-state index in [0.29, 0.717) is 11.5 Å². The van der Waals surface area contributed by atoms with Crippen molar-refractivity contribution in [2.24, 2.45) is 7.05 Å². The Labute approximate surface area is 120 Å². The zero-order valence-electron chi connectivity index (χ0n) is 10.9. The monoisotopic (exact) mass is 311 g/mol. The van der Waals surface area contributed by atoms with E-state index in [0.717, 1.165) is 23.2 Å².